The standard InChI is InChI=1S/C12H24N/c1-2-3-4-5-6-7-9-12(13)10-8-11-12/h13H,2-11H2,1H3. The average molecular weight is 182 g/mol. The lowest BCUT2D eigenvalue weighted by Crippen LogP contribution is -2.38. The fourth-order valence-corrected chi connectivity index (χ4v) is 2.10. The second-order valence-corrected chi connectivity index (χ2v) is 4.65. The summed E-state index contributed by atoms with van der Waals surface area (Å²) in [6.45, 7) is 2.26. The smallest absolute Gasteiger partial charge is 0.0324 e. The minimum atomic E-state index is 0.0186. The van der Waals surface area contributed by atoms with E-state index in [2.05, 4.69) is 6.92 Å². The molecule has 0 atom stereocenters. The zero-order chi connectivity index (χ0) is 9.57. The zero-order valence-corrected chi connectivity index (χ0v) is 9.07. The van der Waals surface area contributed by atoms with Crippen LogP contribution in [0.4, 0.5) is 0 Å². The highest BCUT2D eigenvalue weighted by Crippen LogP contribution is 2.35. The van der Waals surface area contributed by atoms with Gasteiger partial charge in [0, 0.05) is 5.54 Å². The van der Waals surface area contributed by atoms with Gasteiger partial charge in [-0.15, -0.1) is 0 Å². The third-order valence-corrected chi connectivity index (χ3v) is 3.32. The molecule has 1 saturated carbocycles. The molecule has 1 radical (unpaired) electrons. The molecule has 1 heteroatoms. The highest BCUT2D eigenvalue weighted by molar-refractivity contribution is 4.91. The average Bonchev–Trinajstić information content (AvgIpc) is 2.08. The van der Waals surface area contributed by atoms with Gasteiger partial charge in [0.1, 0.15) is 0 Å². The molecule has 0 aromatic heterocycles. The van der Waals surface area contributed by atoms with Crippen LogP contribution in [-0.2, 0) is 0 Å². The summed E-state index contributed by atoms with van der Waals surface area (Å²) < 4.78 is 0. The van der Waals surface area contributed by atoms with E-state index in [1.165, 1.54) is 64.2 Å². The molecule has 0 aromatic carbocycles. The van der Waals surface area contributed by atoms with E-state index in [0.29, 0.717) is 0 Å². The van der Waals surface area contributed by atoms with E-state index in [0.717, 1.165) is 0 Å². The Morgan fingerprint density at radius 2 is 1.62 bits per heavy atom. The Morgan fingerprint density at radius 1 is 1.00 bits per heavy atom. The molecule has 0 aromatic rings. The molecular weight excluding hydrogens is 158 g/mol. The number of rotatable bonds is 7. The molecule has 0 unspecified atom stereocenters. The molecule has 0 amide bonds. The first-order valence-corrected chi connectivity index (χ1v) is 6.02. The van der Waals surface area contributed by atoms with Crippen molar-refractivity contribution in [2.45, 2.75) is 76.7 Å². The largest absolute Gasteiger partial charge is 0.251 e. The summed E-state index contributed by atoms with van der Waals surface area (Å²) in [5, 5.41) is 0. The molecule has 0 spiro atoms. The van der Waals surface area contributed by atoms with E-state index in [-0.39, 0.29) is 5.54 Å². The maximum Gasteiger partial charge on any atom is 0.0324 e. The van der Waals surface area contributed by atoms with Gasteiger partial charge in [-0.25, -0.2) is 0 Å². The van der Waals surface area contributed by atoms with Crippen molar-refractivity contribution in [3.8, 4) is 0 Å². The van der Waals surface area contributed by atoms with Gasteiger partial charge in [0.15, 0.2) is 0 Å². The van der Waals surface area contributed by atoms with Crippen molar-refractivity contribution in [2.75, 3.05) is 0 Å². The summed E-state index contributed by atoms with van der Waals surface area (Å²) in [6, 6.07) is 0. The summed E-state index contributed by atoms with van der Waals surface area (Å²) in [5.41, 5.74) is 8.00. The molecule has 13 heavy (non-hydrogen) atoms. The monoisotopic (exact) mass is 182 g/mol. The highest BCUT2D eigenvalue weighted by atomic mass is 14.8. The van der Waals surface area contributed by atoms with Crippen LogP contribution in [0.15, 0.2) is 0 Å². The van der Waals surface area contributed by atoms with Crippen LogP contribution in [0.1, 0.15) is 71.1 Å². The molecule has 0 saturated heterocycles. The van der Waals surface area contributed by atoms with E-state index in [1.807, 2.05) is 0 Å². The maximum atomic E-state index is 7.98. The van der Waals surface area contributed by atoms with Crippen LogP contribution in [0.5, 0.6) is 0 Å². The van der Waals surface area contributed by atoms with Gasteiger partial charge in [0.05, 0.1) is 0 Å². The van der Waals surface area contributed by atoms with E-state index in [1.54, 1.807) is 0 Å². The first-order valence-electron chi connectivity index (χ1n) is 6.02. The quantitative estimate of drug-likeness (QED) is 0.532. The van der Waals surface area contributed by atoms with Crippen molar-refractivity contribution in [1.29, 1.82) is 0 Å². The molecular formula is C12H24N. The Labute approximate surface area is 83.1 Å². The third kappa shape index (κ3) is 4.12. The molecule has 1 aliphatic carbocycles. The summed E-state index contributed by atoms with van der Waals surface area (Å²) in [7, 11) is 0. The number of hydrogen-bond acceptors (Lipinski definition) is 0. The predicted octanol–water partition coefficient (Wildman–Crippen LogP) is 3.94. The van der Waals surface area contributed by atoms with Crippen LogP contribution in [0.2, 0.25) is 0 Å². The van der Waals surface area contributed by atoms with Gasteiger partial charge in [-0.05, 0) is 25.7 Å². The minimum absolute atomic E-state index is 0.0186. The van der Waals surface area contributed by atoms with E-state index >= 15 is 0 Å². The van der Waals surface area contributed by atoms with Gasteiger partial charge in [-0.2, -0.15) is 0 Å². The normalized spacial score (nSPS) is 19.8. The second kappa shape index (κ2) is 5.64. The first-order chi connectivity index (χ1) is 6.27. The van der Waals surface area contributed by atoms with Crippen LogP contribution in [0.25, 0.3) is 0 Å². The van der Waals surface area contributed by atoms with Crippen LogP contribution in [0.3, 0.4) is 0 Å². The van der Waals surface area contributed by atoms with Crippen molar-refractivity contribution in [3.05, 3.63) is 0 Å². The lowest BCUT2D eigenvalue weighted by molar-refractivity contribution is 0.214. The second-order valence-electron chi connectivity index (χ2n) is 4.65. The van der Waals surface area contributed by atoms with E-state index in [9.17, 15) is 0 Å². The van der Waals surface area contributed by atoms with Crippen LogP contribution in [-0.4, -0.2) is 5.54 Å². The minimum Gasteiger partial charge on any atom is -0.251 e. The van der Waals surface area contributed by atoms with Gasteiger partial charge in [-0.1, -0.05) is 45.4 Å². The molecule has 0 bridgehead atoms. The van der Waals surface area contributed by atoms with Crippen LogP contribution < -0.4 is 5.73 Å². The SMILES string of the molecule is CCCCCCCCC1([NH])CCC1. The van der Waals surface area contributed by atoms with Crippen molar-refractivity contribution in [1.82, 2.24) is 5.73 Å². The summed E-state index contributed by atoms with van der Waals surface area (Å²) >= 11 is 0. The third-order valence-electron chi connectivity index (χ3n) is 3.32. The Kier molecular flexibility index (Phi) is 4.79. The number of nitrogens with one attached hydrogen (secondary N) is 1. The fraction of sp³-hybridized carbons (Fsp3) is 1.00. The lowest BCUT2D eigenvalue weighted by Gasteiger charge is -2.37. The molecule has 0 aliphatic heterocycles. The maximum absolute atomic E-state index is 7.98. The molecule has 1 fully saturated rings. The molecule has 1 aliphatic rings. The van der Waals surface area contributed by atoms with Crippen molar-refractivity contribution < 1.29 is 0 Å². The van der Waals surface area contributed by atoms with Crippen LogP contribution in [0, 0.1) is 0 Å². The fourth-order valence-electron chi connectivity index (χ4n) is 2.10. The highest BCUT2D eigenvalue weighted by Gasteiger charge is 2.32. The topological polar surface area (TPSA) is 23.8 Å². The summed E-state index contributed by atoms with van der Waals surface area (Å²) in [6.07, 6.45) is 13.0. The molecule has 77 valence electrons. The summed E-state index contributed by atoms with van der Waals surface area (Å²) in [5.74, 6) is 0. The van der Waals surface area contributed by atoms with E-state index < -0.39 is 0 Å². The molecule has 0 heterocycles. The summed E-state index contributed by atoms with van der Waals surface area (Å²) in [4.78, 5) is 0. The molecule has 1 rings (SSSR count). The molecule has 1 N–H and O–H groups in total. The van der Waals surface area contributed by atoms with E-state index in [4.69, 9.17) is 5.73 Å². The van der Waals surface area contributed by atoms with Gasteiger partial charge < -0.3 is 0 Å². The zero-order valence-electron chi connectivity index (χ0n) is 9.07. The Balaban J connectivity index is 1.83. The van der Waals surface area contributed by atoms with Gasteiger partial charge >= 0.3 is 0 Å². The lowest BCUT2D eigenvalue weighted by atomic mass is 9.74. The van der Waals surface area contributed by atoms with Crippen molar-refractivity contribution >= 4 is 0 Å². The Hall–Kier alpha value is -0.0400. The van der Waals surface area contributed by atoms with Crippen LogP contribution >= 0.6 is 0 Å². The van der Waals surface area contributed by atoms with Gasteiger partial charge in [0.2, 0.25) is 0 Å². The predicted molar refractivity (Wildman–Crippen MR) is 57.7 cm³/mol. The van der Waals surface area contributed by atoms with Crippen molar-refractivity contribution in [3.63, 3.8) is 0 Å². The molecule has 1 nitrogen and oxygen atoms in total. The van der Waals surface area contributed by atoms with Gasteiger partial charge in [-0.3, -0.25) is 5.73 Å². The van der Waals surface area contributed by atoms with Gasteiger partial charge in [0.25, 0.3) is 0 Å². The Morgan fingerprint density at radius 3 is 2.15 bits per heavy atom. The number of hydrogen-bond donors (Lipinski definition) is 0. The number of unbranched alkanes of at least 4 members (excludes halogenated alkanes) is 5. The first kappa shape index (κ1) is 11.0. The van der Waals surface area contributed by atoms with Crippen molar-refractivity contribution in [2.24, 2.45) is 0 Å². The Bertz CT molecular complexity index is 127.